The van der Waals surface area contributed by atoms with E-state index in [1.165, 1.54) is 0 Å². The topological polar surface area (TPSA) is 81.8 Å². The molecule has 5 rings (SSSR count). The van der Waals surface area contributed by atoms with Crippen LogP contribution in [0.2, 0.25) is 0 Å². The molecule has 27 heavy (non-hydrogen) atoms. The molecule has 2 unspecified atom stereocenters. The Kier molecular flexibility index (Phi) is 3.25. The second kappa shape index (κ2) is 5.54. The fourth-order valence-electron chi connectivity index (χ4n) is 4.07. The Hall–Kier alpha value is -3.41. The molecule has 0 bridgehead atoms. The number of carbonyl (C=O) groups is 2. The number of hydrogen-bond donors (Lipinski definition) is 2. The van der Waals surface area contributed by atoms with Gasteiger partial charge in [0, 0.05) is 34.3 Å². The van der Waals surface area contributed by atoms with Crippen LogP contribution >= 0.6 is 0 Å². The number of anilines is 1. The van der Waals surface area contributed by atoms with E-state index in [9.17, 15) is 9.59 Å². The third-order valence-electron chi connectivity index (χ3n) is 5.46. The van der Waals surface area contributed by atoms with Crippen LogP contribution in [-0.2, 0) is 9.59 Å². The number of Topliss-reactive ketones (excluding diaryl/α,β-unsaturated/α-hetero) is 1. The molecular weight excluding hydrogens is 340 g/mol. The van der Waals surface area contributed by atoms with Gasteiger partial charge in [0.15, 0.2) is 0 Å². The van der Waals surface area contributed by atoms with Crippen LogP contribution in [0.4, 0.5) is 5.69 Å². The molecule has 0 spiro atoms. The molecule has 1 aliphatic rings. The van der Waals surface area contributed by atoms with E-state index >= 15 is 0 Å². The van der Waals surface area contributed by atoms with Crippen molar-refractivity contribution in [3.63, 3.8) is 0 Å². The molecule has 2 atom stereocenters. The molecule has 2 aromatic heterocycles. The summed E-state index contributed by atoms with van der Waals surface area (Å²) in [5, 5.41) is 1.03. The van der Waals surface area contributed by atoms with Gasteiger partial charge in [-0.15, -0.1) is 0 Å². The molecule has 6 nitrogen and oxygen atoms in total. The summed E-state index contributed by atoms with van der Waals surface area (Å²) >= 11 is 0. The normalized spacial score (nSPS) is 20.3. The average Bonchev–Trinajstić information content (AvgIpc) is 3.34. The number of aryl methyl sites for hydroxylation is 1. The monoisotopic (exact) mass is 358 g/mol. The van der Waals surface area contributed by atoms with Gasteiger partial charge in [-0.1, -0.05) is 19.1 Å². The largest absolute Gasteiger partial charge is 0.361 e. The van der Waals surface area contributed by atoms with E-state index in [1.54, 1.807) is 11.2 Å². The molecule has 1 aliphatic heterocycles. The van der Waals surface area contributed by atoms with Crippen LogP contribution in [0.3, 0.4) is 0 Å². The summed E-state index contributed by atoms with van der Waals surface area (Å²) in [4.78, 5) is 37.6. The van der Waals surface area contributed by atoms with E-state index in [4.69, 9.17) is 0 Å². The lowest BCUT2D eigenvalue weighted by Crippen LogP contribution is -2.29. The van der Waals surface area contributed by atoms with Crippen molar-refractivity contribution in [2.75, 3.05) is 4.90 Å². The van der Waals surface area contributed by atoms with Crippen molar-refractivity contribution in [2.24, 2.45) is 5.92 Å². The molecule has 6 heteroatoms. The lowest BCUT2D eigenvalue weighted by molar-refractivity contribution is -0.135. The van der Waals surface area contributed by atoms with Crippen molar-refractivity contribution in [1.29, 1.82) is 0 Å². The molecule has 0 radical (unpaired) electrons. The first-order valence-electron chi connectivity index (χ1n) is 8.93. The zero-order chi connectivity index (χ0) is 18.7. The lowest BCUT2D eigenvalue weighted by Gasteiger charge is -2.26. The van der Waals surface area contributed by atoms with Crippen molar-refractivity contribution in [2.45, 2.75) is 19.9 Å². The van der Waals surface area contributed by atoms with Gasteiger partial charge < -0.3 is 9.97 Å². The standard InChI is InChI=1S/C21H18N4O2/c1-11-3-5-14-15(9-22-17(14)7-11)19-12(2)20(26)21(27)25(19)13-4-6-16-18(8-13)24-10-23-16/h3-10,12,19,22H,1-2H3,(H,23,24). The van der Waals surface area contributed by atoms with Gasteiger partial charge in [-0.3, -0.25) is 14.5 Å². The highest BCUT2D eigenvalue weighted by Crippen LogP contribution is 2.42. The number of benzene rings is 2. The number of H-pyrrole nitrogens is 2. The van der Waals surface area contributed by atoms with Gasteiger partial charge in [0.1, 0.15) is 0 Å². The van der Waals surface area contributed by atoms with Crippen LogP contribution in [0.25, 0.3) is 21.9 Å². The van der Waals surface area contributed by atoms with E-state index in [2.05, 4.69) is 21.0 Å². The molecule has 134 valence electrons. The summed E-state index contributed by atoms with van der Waals surface area (Å²) in [5.74, 6) is -1.24. The van der Waals surface area contributed by atoms with Crippen LogP contribution in [0.15, 0.2) is 48.9 Å². The number of amides is 1. The Bertz CT molecular complexity index is 1220. The Labute approximate surface area is 155 Å². The maximum atomic E-state index is 12.8. The van der Waals surface area contributed by atoms with Gasteiger partial charge in [-0.2, -0.15) is 0 Å². The predicted octanol–water partition coefficient (Wildman–Crippen LogP) is 3.65. The van der Waals surface area contributed by atoms with Crippen LogP contribution < -0.4 is 4.90 Å². The highest BCUT2D eigenvalue weighted by atomic mass is 16.2. The van der Waals surface area contributed by atoms with Crippen molar-refractivity contribution in [3.05, 3.63) is 60.0 Å². The number of rotatable bonds is 2. The van der Waals surface area contributed by atoms with E-state index in [1.807, 2.05) is 50.4 Å². The van der Waals surface area contributed by atoms with Crippen LogP contribution in [-0.4, -0.2) is 26.6 Å². The fourth-order valence-corrected chi connectivity index (χ4v) is 4.07. The summed E-state index contributed by atoms with van der Waals surface area (Å²) in [5.41, 5.74) is 5.48. The van der Waals surface area contributed by atoms with Crippen molar-refractivity contribution < 1.29 is 9.59 Å². The number of aromatic nitrogens is 3. The highest BCUT2D eigenvalue weighted by Gasteiger charge is 2.47. The summed E-state index contributed by atoms with van der Waals surface area (Å²) in [6, 6.07) is 11.4. The molecule has 0 aliphatic carbocycles. The highest BCUT2D eigenvalue weighted by molar-refractivity contribution is 6.45. The molecule has 2 aromatic carbocycles. The number of aromatic amines is 2. The van der Waals surface area contributed by atoms with E-state index in [0.717, 1.165) is 33.1 Å². The zero-order valence-electron chi connectivity index (χ0n) is 15.0. The maximum absolute atomic E-state index is 12.8. The van der Waals surface area contributed by atoms with Crippen LogP contribution in [0.5, 0.6) is 0 Å². The number of imidazole rings is 1. The molecule has 4 aromatic rings. The summed E-state index contributed by atoms with van der Waals surface area (Å²) in [7, 11) is 0. The number of carbonyl (C=O) groups excluding carboxylic acids is 2. The zero-order valence-corrected chi connectivity index (χ0v) is 15.0. The van der Waals surface area contributed by atoms with Crippen molar-refractivity contribution in [3.8, 4) is 0 Å². The smallest absolute Gasteiger partial charge is 0.295 e. The SMILES string of the molecule is Cc1ccc2c(C3C(C)C(=O)C(=O)N3c3ccc4nc[nH]c4c3)c[nH]c2c1. The van der Waals surface area contributed by atoms with Gasteiger partial charge in [0.25, 0.3) is 5.91 Å². The third kappa shape index (κ3) is 2.23. The van der Waals surface area contributed by atoms with Crippen LogP contribution in [0, 0.1) is 12.8 Å². The molecule has 1 amide bonds. The second-order valence-electron chi connectivity index (χ2n) is 7.17. The Balaban J connectivity index is 1.69. The van der Waals surface area contributed by atoms with E-state index in [0.29, 0.717) is 5.69 Å². The molecular formula is C21H18N4O2. The third-order valence-corrected chi connectivity index (χ3v) is 5.46. The van der Waals surface area contributed by atoms with Crippen molar-refractivity contribution >= 4 is 39.3 Å². The lowest BCUT2D eigenvalue weighted by atomic mass is 9.94. The average molecular weight is 358 g/mol. The van der Waals surface area contributed by atoms with Crippen molar-refractivity contribution in [1.82, 2.24) is 15.0 Å². The first-order chi connectivity index (χ1) is 13.0. The van der Waals surface area contributed by atoms with E-state index in [-0.39, 0.29) is 11.8 Å². The number of hydrogen-bond acceptors (Lipinski definition) is 3. The number of nitrogens with one attached hydrogen (secondary N) is 2. The van der Waals surface area contributed by atoms with Gasteiger partial charge in [-0.25, -0.2) is 4.98 Å². The van der Waals surface area contributed by atoms with Gasteiger partial charge in [0.05, 0.1) is 23.4 Å². The fraction of sp³-hybridized carbons (Fsp3) is 0.190. The van der Waals surface area contributed by atoms with E-state index < -0.39 is 11.8 Å². The molecule has 1 fully saturated rings. The van der Waals surface area contributed by atoms with Gasteiger partial charge >= 0.3 is 0 Å². The quantitative estimate of drug-likeness (QED) is 0.537. The Morgan fingerprint density at radius 2 is 1.89 bits per heavy atom. The minimum absolute atomic E-state index is 0.346. The summed E-state index contributed by atoms with van der Waals surface area (Å²) < 4.78 is 0. The summed E-state index contributed by atoms with van der Waals surface area (Å²) in [6.45, 7) is 3.86. The minimum Gasteiger partial charge on any atom is -0.361 e. The molecule has 1 saturated heterocycles. The summed E-state index contributed by atoms with van der Waals surface area (Å²) in [6.07, 6.45) is 3.53. The minimum atomic E-state index is -0.465. The first-order valence-corrected chi connectivity index (χ1v) is 8.93. The molecule has 0 saturated carbocycles. The number of fused-ring (bicyclic) bond motifs is 2. The Morgan fingerprint density at radius 1 is 1.04 bits per heavy atom. The first kappa shape index (κ1) is 15.8. The Morgan fingerprint density at radius 3 is 2.74 bits per heavy atom. The number of ketones is 1. The molecule has 3 heterocycles. The second-order valence-corrected chi connectivity index (χ2v) is 7.17. The number of nitrogens with zero attached hydrogens (tertiary/aromatic N) is 2. The molecule has 2 N–H and O–H groups in total. The van der Waals surface area contributed by atoms with Crippen LogP contribution in [0.1, 0.15) is 24.1 Å². The predicted molar refractivity (Wildman–Crippen MR) is 104 cm³/mol. The van der Waals surface area contributed by atoms with Gasteiger partial charge in [-0.05, 0) is 36.8 Å². The van der Waals surface area contributed by atoms with Gasteiger partial charge in [0.2, 0.25) is 5.78 Å². The maximum Gasteiger partial charge on any atom is 0.295 e.